The van der Waals surface area contributed by atoms with E-state index in [1.807, 2.05) is 4.90 Å². The highest BCUT2D eigenvalue weighted by atomic mass is 16.2. The summed E-state index contributed by atoms with van der Waals surface area (Å²) in [6.07, 6.45) is 3.40. The predicted octanol–water partition coefficient (Wildman–Crippen LogP) is 0.332. The van der Waals surface area contributed by atoms with Crippen molar-refractivity contribution in [2.45, 2.75) is 0 Å². The van der Waals surface area contributed by atoms with Gasteiger partial charge in [-0.1, -0.05) is 0 Å². The van der Waals surface area contributed by atoms with Gasteiger partial charge in [-0.05, 0) is 6.07 Å². The van der Waals surface area contributed by atoms with E-state index in [9.17, 15) is 9.59 Å². The molecule has 0 saturated carbocycles. The van der Waals surface area contributed by atoms with E-state index >= 15 is 0 Å². The van der Waals surface area contributed by atoms with Crippen LogP contribution in [0.25, 0.3) is 0 Å². The van der Waals surface area contributed by atoms with Crippen LogP contribution in [0.3, 0.4) is 0 Å². The van der Waals surface area contributed by atoms with Crippen LogP contribution in [0.2, 0.25) is 0 Å². The molecule has 0 N–H and O–H groups in total. The van der Waals surface area contributed by atoms with Crippen LogP contribution >= 0.6 is 0 Å². The first-order chi connectivity index (χ1) is 10.0. The Morgan fingerprint density at radius 3 is 2.14 bits per heavy atom. The number of amides is 4. The lowest BCUT2D eigenvalue weighted by molar-refractivity contribution is 0.149. The maximum atomic E-state index is 12.2. The second-order valence-corrected chi connectivity index (χ2v) is 5.04. The molecule has 1 aliphatic heterocycles. The van der Waals surface area contributed by atoms with Gasteiger partial charge in [0, 0.05) is 59.7 Å². The summed E-state index contributed by atoms with van der Waals surface area (Å²) in [5.41, 5.74) is 0. The standard InChI is InChI=1S/C13H20N6O2/c1-16(2)12(20)17(3)13(21)19-9-7-18(8-10-19)11-14-5-4-6-15-11/h4-6H,7-10H2,1-3H3. The van der Waals surface area contributed by atoms with Crippen LogP contribution in [0.15, 0.2) is 18.5 Å². The normalized spacial score (nSPS) is 14.8. The van der Waals surface area contributed by atoms with E-state index in [0.29, 0.717) is 32.1 Å². The summed E-state index contributed by atoms with van der Waals surface area (Å²) in [5, 5.41) is 0. The number of nitrogens with zero attached hydrogens (tertiary/aromatic N) is 6. The molecule has 0 unspecified atom stereocenters. The van der Waals surface area contributed by atoms with Crippen molar-refractivity contribution in [3.63, 3.8) is 0 Å². The number of carbonyl (C=O) groups excluding carboxylic acids is 2. The molecule has 114 valence electrons. The van der Waals surface area contributed by atoms with Crippen molar-refractivity contribution in [1.82, 2.24) is 24.7 Å². The minimum absolute atomic E-state index is 0.276. The summed E-state index contributed by atoms with van der Waals surface area (Å²) in [4.78, 5) is 38.6. The molecule has 4 amide bonds. The predicted molar refractivity (Wildman–Crippen MR) is 78.1 cm³/mol. The van der Waals surface area contributed by atoms with Gasteiger partial charge in [-0.15, -0.1) is 0 Å². The molecule has 8 nitrogen and oxygen atoms in total. The van der Waals surface area contributed by atoms with E-state index in [1.54, 1.807) is 37.5 Å². The third-order valence-electron chi connectivity index (χ3n) is 3.34. The zero-order chi connectivity index (χ0) is 15.4. The molecule has 0 aromatic carbocycles. The quantitative estimate of drug-likeness (QED) is 0.746. The van der Waals surface area contributed by atoms with Crippen molar-refractivity contribution >= 4 is 18.0 Å². The van der Waals surface area contributed by atoms with E-state index < -0.39 is 0 Å². The van der Waals surface area contributed by atoms with Gasteiger partial charge < -0.3 is 14.7 Å². The molecule has 8 heteroatoms. The molecule has 1 saturated heterocycles. The minimum Gasteiger partial charge on any atom is -0.337 e. The number of anilines is 1. The van der Waals surface area contributed by atoms with Crippen molar-refractivity contribution in [2.75, 3.05) is 52.2 Å². The minimum atomic E-state index is -0.325. The number of carbonyl (C=O) groups is 2. The average Bonchev–Trinajstić information content (AvgIpc) is 2.53. The molecule has 2 rings (SSSR count). The highest BCUT2D eigenvalue weighted by Crippen LogP contribution is 2.11. The topological polar surface area (TPSA) is 72.9 Å². The second-order valence-electron chi connectivity index (χ2n) is 5.04. The number of aromatic nitrogens is 2. The van der Waals surface area contributed by atoms with Gasteiger partial charge in [-0.25, -0.2) is 24.5 Å². The molecule has 0 atom stereocenters. The molecule has 1 aromatic rings. The zero-order valence-electron chi connectivity index (χ0n) is 12.6. The van der Waals surface area contributed by atoms with Gasteiger partial charge >= 0.3 is 12.1 Å². The van der Waals surface area contributed by atoms with Gasteiger partial charge in [0.25, 0.3) is 0 Å². The summed E-state index contributed by atoms with van der Waals surface area (Å²) in [6.45, 7) is 2.39. The van der Waals surface area contributed by atoms with Gasteiger partial charge in [0.15, 0.2) is 0 Å². The largest absolute Gasteiger partial charge is 0.337 e. The lowest BCUT2D eigenvalue weighted by Gasteiger charge is -2.36. The van der Waals surface area contributed by atoms with Crippen molar-refractivity contribution in [3.8, 4) is 0 Å². The molecule has 0 radical (unpaired) electrons. The Kier molecular flexibility index (Phi) is 4.56. The molecule has 0 aliphatic carbocycles. The third kappa shape index (κ3) is 3.39. The fourth-order valence-electron chi connectivity index (χ4n) is 2.15. The molecule has 1 aliphatic rings. The van der Waals surface area contributed by atoms with Crippen LogP contribution in [0, 0.1) is 0 Å². The van der Waals surface area contributed by atoms with E-state index in [2.05, 4.69) is 9.97 Å². The van der Waals surface area contributed by atoms with Gasteiger partial charge in [-0.2, -0.15) is 0 Å². The summed E-state index contributed by atoms with van der Waals surface area (Å²) in [5.74, 6) is 0.669. The number of rotatable bonds is 1. The van der Waals surface area contributed by atoms with Crippen LogP contribution in [-0.4, -0.2) is 84.1 Å². The Hall–Kier alpha value is -2.38. The maximum absolute atomic E-state index is 12.2. The molecular formula is C13H20N6O2. The number of hydrogen-bond acceptors (Lipinski definition) is 5. The molecule has 1 aromatic heterocycles. The molecule has 21 heavy (non-hydrogen) atoms. The van der Waals surface area contributed by atoms with Crippen molar-refractivity contribution in [3.05, 3.63) is 18.5 Å². The first kappa shape index (κ1) is 15.0. The van der Waals surface area contributed by atoms with Crippen LogP contribution in [0.5, 0.6) is 0 Å². The average molecular weight is 292 g/mol. The Bertz CT molecular complexity index is 499. The van der Waals surface area contributed by atoms with Crippen molar-refractivity contribution < 1.29 is 9.59 Å². The number of piperazine rings is 1. The fourth-order valence-corrected chi connectivity index (χ4v) is 2.15. The number of urea groups is 2. The lowest BCUT2D eigenvalue weighted by Crippen LogP contribution is -2.54. The fraction of sp³-hybridized carbons (Fsp3) is 0.538. The van der Waals surface area contributed by atoms with E-state index in [-0.39, 0.29) is 12.1 Å². The lowest BCUT2D eigenvalue weighted by atomic mass is 10.3. The zero-order valence-corrected chi connectivity index (χ0v) is 12.6. The van der Waals surface area contributed by atoms with Gasteiger partial charge in [0.05, 0.1) is 0 Å². The van der Waals surface area contributed by atoms with Gasteiger partial charge in [0.1, 0.15) is 0 Å². The Morgan fingerprint density at radius 1 is 1.05 bits per heavy atom. The first-order valence-corrected chi connectivity index (χ1v) is 6.76. The van der Waals surface area contributed by atoms with Gasteiger partial charge in [0.2, 0.25) is 5.95 Å². The molecule has 0 spiro atoms. The molecule has 2 heterocycles. The van der Waals surface area contributed by atoms with Crippen LogP contribution in [-0.2, 0) is 0 Å². The van der Waals surface area contributed by atoms with Gasteiger partial charge in [-0.3, -0.25) is 0 Å². The first-order valence-electron chi connectivity index (χ1n) is 6.76. The Balaban J connectivity index is 1.92. The smallest absolute Gasteiger partial charge is 0.328 e. The Morgan fingerprint density at radius 2 is 1.62 bits per heavy atom. The monoisotopic (exact) mass is 292 g/mol. The van der Waals surface area contributed by atoms with E-state index in [1.165, 1.54) is 11.9 Å². The van der Waals surface area contributed by atoms with Crippen molar-refractivity contribution in [2.24, 2.45) is 0 Å². The molecular weight excluding hydrogens is 272 g/mol. The summed E-state index contributed by atoms with van der Waals surface area (Å²) in [7, 11) is 4.74. The maximum Gasteiger partial charge on any atom is 0.328 e. The van der Waals surface area contributed by atoms with Crippen LogP contribution < -0.4 is 4.90 Å². The summed E-state index contributed by atoms with van der Waals surface area (Å²) >= 11 is 0. The number of hydrogen-bond donors (Lipinski definition) is 0. The highest BCUT2D eigenvalue weighted by Gasteiger charge is 2.27. The Labute approximate surface area is 124 Å². The highest BCUT2D eigenvalue weighted by molar-refractivity contribution is 5.93. The number of imide groups is 1. The summed E-state index contributed by atoms with van der Waals surface area (Å²) in [6, 6.07) is 1.17. The SMILES string of the molecule is CN(C)C(=O)N(C)C(=O)N1CCN(c2ncccn2)CC1. The van der Waals surface area contributed by atoms with E-state index in [0.717, 1.165) is 4.90 Å². The van der Waals surface area contributed by atoms with E-state index in [4.69, 9.17) is 0 Å². The van der Waals surface area contributed by atoms with Crippen LogP contribution in [0.1, 0.15) is 0 Å². The second kappa shape index (κ2) is 6.38. The molecule has 0 bridgehead atoms. The summed E-state index contributed by atoms with van der Waals surface area (Å²) < 4.78 is 0. The molecule has 1 fully saturated rings. The van der Waals surface area contributed by atoms with Crippen molar-refractivity contribution in [1.29, 1.82) is 0 Å². The van der Waals surface area contributed by atoms with Crippen LogP contribution in [0.4, 0.5) is 15.5 Å². The third-order valence-corrected chi connectivity index (χ3v) is 3.34.